The minimum absolute atomic E-state index is 0.205. The van der Waals surface area contributed by atoms with E-state index in [1.165, 1.54) is 51.6 Å². The quantitative estimate of drug-likeness (QED) is 0.207. The predicted molar refractivity (Wildman–Crippen MR) is 187 cm³/mol. The highest BCUT2D eigenvalue weighted by molar-refractivity contribution is 5.90. The van der Waals surface area contributed by atoms with Crippen molar-refractivity contribution in [1.82, 2.24) is 9.80 Å². The number of hydrogen-bond donors (Lipinski definition) is 0. The topological polar surface area (TPSA) is 84.0 Å². The van der Waals surface area contributed by atoms with Gasteiger partial charge in [0.25, 0.3) is 0 Å². The van der Waals surface area contributed by atoms with Crippen LogP contribution in [-0.2, 0) is 18.9 Å². The van der Waals surface area contributed by atoms with E-state index in [-0.39, 0.29) is 13.2 Å². The molecular formula is C38H54N4O6. The smallest absolute Gasteiger partial charge is 0.338 e. The lowest BCUT2D eigenvalue weighted by atomic mass is 10.1. The Labute approximate surface area is 286 Å². The molecule has 0 amide bonds. The molecule has 4 atom stereocenters. The number of piperazine rings is 2. The van der Waals surface area contributed by atoms with Gasteiger partial charge in [0.15, 0.2) is 12.2 Å². The van der Waals surface area contributed by atoms with Crippen molar-refractivity contribution in [2.45, 2.75) is 76.8 Å². The maximum absolute atomic E-state index is 13.1. The molecule has 0 radical (unpaired) electrons. The summed E-state index contributed by atoms with van der Waals surface area (Å²) in [4.78, 5) is 35.9. The molecule has 0 N–H and O–H groups in total. The maximum Gasteiger partial charge on any atom is 0.338 e. The Balaban J connectivity index is 0.934. The molecule has 0 aliphatic carbocycles. The van der Waals surface area contributed by atoms with Crippen molar-refractivity contribution >= 4 is 23.3 Å². The van der Waals surface area contributed by atoms with Gasteiger partial charge in [0.1, 0.15) is 12.2 Å². The standard InChI is InChI=1S/C38H54N4O6/c1-3-5-7-17-39-19-23-41(24-20-39)31-13-9-29(10-14-31)37(43)47-33-27-45-36-34(28-46-35(33)36)48-38(44)30-11-15-32(16-12-30)42-25-21-40(22-26-42)18-8-6-4-2/h9-16,33-36H,3-8,17-28H2,1-2H3. The fraction of sp³-hybridized carbons (Fsp3) is 0.632. The van der Waals surface area contributed by atoms with Gasteiger partial charge in [-0.25, -0.2) is 9.59 Å². The Morgan fingerprint density at radius 2 is 0.958 bits per heavy atom. The van der Waals surface area contributed by atoms with Gasteiger partial charge < -0.3 is 28.7 Å². The summed E-state index contributed by atoms with van der Waals surface area (Å²) in [7, 11) is 0. The third-order valence-electron chi connectivity index (χ3n) is 10.3. The molecule has 0 bridgehead atoms. The fourth-order valence-corrected chi connectivity index (χ4v) is 7.29. The second-order valence-corrected chi connectivity index (χ2v) is 13.6. The number of hydrogen-bond acceptors (Lipinski definition) is 10. The third kappa shape index (κ3) is 8.69. The van der Waals surface area contributed by atoms with Crippen LogP contribution in [0.25, 0.3) is 0 Å². The molecule has 262 valence electrons. The number of ether oxygens (including phenoxy) is 4. The molecule has 4 heterocycles. The summed E-state index contributed by atoms with van der Waals surface area (Å²) in [6.45, 7) is 15.5. The van der Waals surface area contributed by atoms with Crippen molar-refractivity contribution in [2.24, 2.45) is 0 Å². The van der Waals surface area contributed by atoms with Gasteiger partial charge in [-0.05, 0) is 74.5 Å². The van der Waals surface area contributed by atoms with E-state index in [0.717, 1.165) is 63.7 Å². The van der Waals surface area contributed by atoms with Gasteiger partial charge in [-0.1, -0.05) is 39.5 Å². The summed E-state index contributed by atoms with van der Waals surface area (Å²) >= 11 is 0. The number of anilines is 2. The molecule has 4 aliphatic rings. The lowest BCUT2D eigenvalue weighted by Gasteiger charge is -2.36. The highest BCUT2D eigenvalue weighted by Gasteiger charge is 2.51. The summed E-state index contributed by atoms with van der Waals surface area (Å²) < 4.78 is 23.6. The van der Waals surface area contributed by atoms with Crippen LogP contribution in [0.4, 0.5) is 11.4 Å². The van der Waals surface area contributed by atoms with Crippen LogP contribution in [0.2, 0.25) is 0 Å². The Morgan fingerprint density at radius 3 is 1.31 bits per heavy atom. The van der Waals surface area contributed by atoms with Crippen LogP contribution in [0.15, 0.2) is 48.5 Å². The summed E-state index contributed by atoms with van der Waals surface area (Å²) in [5.41, 5.74) is 3.24. The molecule has 10 nitrogen and oxygen atoms in total. The van der Waals surface area contributed by atoms with E-state index in [9.17, 15) is 9.59 Å². The van der Waals surface area contributed by atoms with Gasteiger partial charge >= 0.3 is 11.9 Å². The molecule has 0 aromatic heterocycles. The number of nitrogens with zero attached hydrogens (tertiary/aromatic N) is 4. The molecule has 0 spiro atoms. The lowest BCUT2D eigenvalue weighted by molar-refractivity contribution is -0.0287. The average molecular weight is 663 g/mol. The number of esters is 2. The van der Waals surface area contributed by atoms with Gasteiger partial charge in [-0.2, -0.15) is 0 Å². The summed E-state index contributed by atoms with van der Waals surface area (Å²) in [5.74, 6) is -0.808. The number of carbonyl (C=O) groups excluding carboxylic acids is 2. The SMILES string of the molecule is CCCCCN1CCN(c2ccc(C(=O)OC3COC4C(OC(=O)c5ccc(N6CCN(CCCCC)CC6)cc5)COC34)cc2)CC1. The normalized spacial score (nSPS) is 24.9. The minimum Gasteiger partial charge on any atom is -0.453 e. The average Bonchev–Trinajstić information content (AvgIpc) is 3.72. The van der Waals surface area contributed by atoms with E-state index in [1.807, 2.05) is 48.5 Å². The second-order valence-electron chi connectivity index (χ2n) is 13.6. The van der Waals surface area contributed by atoms with Crippen molar-refractivity contribution in [1.29, 1.82) is 0 Å². The summed E-state index contributed by atoms with van der Waals surface area (Å²) in [5, 5.41) is 0. The Hall–Kier alpha value is -3.18. The number of rotatable bonds is 14. The van der Waals surface area contributed by atoms with E-state index in [2.05, 4.69) is 33.4 Å². The van der Waals surface area contributed by atoms with Crippen molar-refractivity contribution in [3.05, 3.63) is 59.7 Å². The van der Waals surface area contributed by atoms with Gasteiger partial charge in [0.2, 0.25) is 0 Å². The monoisotopic (exact) mass is 662 g/mol. The van der Waals surface area contributed by atoms with Gasteiger partial charge in [-0.15, -0.1) is 0 Å². The first-order valence-corrected chi connectivity index (χ1v) is 18.3. The highest BCUT2D eigenvalue weighted by atomic mass is 16.7. The van der Waals surface area contributed by atoms with E-state index >= 15 is 0 Å². The first kappa shape index (κ1) is 34.7. The highest BCUT2D eigenvalue weighted by Crippen LogP contribution is 2.32. The molecule has 4 aliphatic heterocycles. The van der Waals surface area contributed by atoms with E-state index in [4.69, 9.17) is 18.9 Å². The van der Waals surface area contributed by atoms with Crippen LogP contribution in [0.1, 0.15) is 73.1 Å². The van der Waals surface area contributed by atoms with Crippen molar-refractivity contribution < 1.29 is 28.5 Å². The number of unbranched alkanes of at least 4 members (excludes halogenated alkanes) is 4. The molecule has 6 rings (SSSR count). The zero-order valence-electron chi connectivity index (χ0n) is 28.9. The Morgan fingerprint density at radius 1 is 0.583 bits per heavy atom. The van der Waals surface area contributed by atoms with E-state index < -0.39 is 36.4 Å². The van der Waals surface area contributed by atoms with Crippen LogP contribution < -0.4 is 9.80 Å². The largest absolute Gasteiger partial charge is 0.453 e. The van der Waals surface area contributed by atoms with E-state index in [1.54, 1.807) is 0 Å². The molecule has 4 fully saturated rings. The van der Waals surface area contributed by atoms with Crippen LogP contribution in [0.3, 0.4) is 0 Å². The third-order valence-corrected chi connectivity index (χ3v) is 10.3. The van der Waals surface area contributed by atoms with Crippen molar-refractivity contribution in [3.63, 3.8) is 0 Å². The van der Waals surface area contributed by atoms with Crippen molar-refractivity contribution in [2.75, 3.05) is 88.5 Å². The number of carbonyl (C=O) groups is 2. The first-order valence-electron chi connectivity index (χ1n) is 18.3. The first-order chi connectivity index (χ1) is 23.5. The second kappa shape index (κ2) is 17.0. The molecule has 0 saturated carbocycles. The van der Waals surface area contributed by atoms with Crippen LogP contribution >= 0.6 is 0 Å². The molecule has 4 unspecified atom stereocenters. The van der Waals surface area contributed by atoms with Crippen molar-refractivity contribution in [3.8, 4) is 0 Å². The van der Waals surface area contributed by atoms with E-state index in [0.29, 0.717) is 11.1 Å². The number of fused-ring (bicyclic) bond motifs is 1. The van der Waals surface area contributed by atoms with Crippen LogP contribution in [0, 0.1) is 0 Å². The van der Waals surface area contributed by atoms with Gasteiger partial charge in [0, 0.05) is 63.7 Å². The van der Waals surface area contributed by atoms with Crippen LogP contribution in [0.5, 0.6) is 0 Å². The predicted octanol–water partition coefficient (Wildman–Crippen LogP) is 4.86. The Bertz CT molecular complexity index is 1210. The molecule has 2 aromatic rings. The zero-order valence-corrected chi connectivity index (χ0v) is 28.9. The van der Waals surface area contributed by atoms with Gasteiger partial charge in [-0.3, -0.25) is 9.80 Å². The number of benzene rings is 2. The molecule has 4 saturated heterocycles. The summed E-state index contributed by atoms with van der Waals surface area (Å²) in [6.07, 6.45) is 5.56. The molecule has 48 heavy (non-hydrogen) atoms. The van der Waals surface area contributed by atoms with Crippen LogP contribution in [-0.4, -0.2) is 125 Å². The zero-order chi connectivity index (χ0) is 33.3. The van der Waals surface area contributed by atoms with Gasteiger partial charge in [0.05, 0.1) is 24.3 Å². The lowest BCUT2D eigenvalue weighted by Crippen LogP contribution is -2.46. The maximum atomic E-state index is 13.1. The fourth-order valence-electron chi connectivity index (χ4n) is 7.29. The molecule has 10 heteroatoms. The minimum atomic E-state index is -0.557. The summed E-state index contributed by atoms with van der Waals surface area (Å²) in [6, 6.07) is 15.3. The molecular weight excluding hydrogens is 608 g/mol. The Kier molecular flexibility index (Phi) is 12.3. The molecule has 2 aromatic carbocycles.